The molecule has 2 N–H and O–H groups in total. The van der Waals surface area contributed by atoms with Gasteiger partial charge in [0.25, 0.3) is 10.0 Å². The van der Waals surface area contributed by atoms with Gasteiger partial charge in [0.05, 0.1) is 17.0 Å². The number of rotatable bonds is 11. The summed E-state index contributed by atoms with van der Waals surface area (Å²) >= 11 is 0. The van der Waals surface area contributed by atoms with Crippen molar-refractivity contribution in [2.75, 3.05) is 13.2 Å². The highest BCUT2D eigenvalue weighted by Crippen LogP contribution is 2.28. The van der Waals surface area contributed by atoms with E-state index in [1.54, 1.807) is 12.1 Å². The molecule has 0 saturated heterocycles. The summed E-state index contributed by atoms with van der Waals surface area (Å²) in [5.74, 6) is -8.43. The van der Waals surface area contributed by atoms with Crippen molar-refractivity contribution in [3.8, 4) is 5.75 Å². The molecule has 244 valence electrons. The van der Waals surface area contributed by atoms with Crippen molar-refractivity contribution >= 4 is 26.9 Å². The Bertz CT molecular complexity index is 1720. The maximum Gasteiger partial charge on any atom is 0.430 e. The van der Waals surface area contributed by atoms with E-state index >= 15 is 0 Å². The minimum atomic E-state index is -5.19. The largest absolute Gasteiger partial charge is 0.542 e. The molecule has 45 heavy (non-hydrogen) atoms. The summed E-state index contributed by atoms with van der Waals surface area (Å²) in [7, 11) is -4.12. The molecule has 1 aromatic heterocycles. The Morgan fingerprint density at radius 1 is 0.933 bits per heavy atom. The molecule has 4 rings (SSSR count). The van der Waals surface area contributed by atoms with Crippen LogP contribution in [0, 0.1) is 11.6 Å². The van der Waals surface area contributed by atoms with E-state index in [0.717, 1.165) is 34.3 Å². The van der Waals surface area contributed by atoms with Gasteiger partial charge < -0.3 is 20.0 Å². The molecule has 0 spiro atoms. The van der Waals surface area contributed by atoms with Gasteiger partial charge in [-0.15, -0.1) is 0 Å². The van der Waals surface area contributed by atoms with Gasteiger partial charge in [-0.3, -0.25) is 0 Å². The average molecular weight is 671 g/mol. The lowest BCUT2D eigenvalue weighted by molar-refractivity contribution is -0.670. The van der Waals surface area contributed by atoms with Crippen LogP contribution in [0.5, 0.6) is 5.75 Å². The first-order chi connectivity index (χ1) is 20.9. The van der Waals surface area contributed by atoms with Crippen molar-refractivity contribution < 1.29 is 67.9 Å². The maximum absolute atomic E-state index is 14.0. The summed E-state index contributed by atoms with van der Waals surface area (Å²) in [5, 5.41) is 11.2. The molecule has 0 bridgehead atoms. The van der Waals surface area contributed by atoms with Crippen molar-refractivity contribution in [1.82, 2.24) is 3.97 Å². The average Bonchev–Trinajstić information content (AvgIpc) is 3.33. The highest BCUT2D eigenvalue weighted by Gasteiger charge is 2.41. The predicted octanol–water partition coefficient (Wildman–Crippen LogP) is 4.04. The second-order valence-corrected chi connectivity index (χ2v) is 11.2. The minimum absolute atomic E-state index is 0.0346. The normalized spacial score (nSPS) is 12.2. The SMILES string of the molecule is O=C([O-])C(F)(F)F.O=S(=O)(c1ccc(F)cc1)n1cc(CC[NH2+]Cc2cccc(OCC(F)(F)C(F)F)c2)c2ccc(F)cc21. The van der Waals surface area contributed by atoms with Gasteiger partial charge in [0.1, 0.15) is 29.9 Å². The Kier molecular flexibility index (Phi) is 11.1. The van der Waals surface area contributed by atoms with E-state index in [0.29, 0.717) is 36.0 Å². The summed E-state index contributed by atoms with van der Waals surface area (Å²) in [6, 6.07) is 14.3. The number of aliphatic carboxylic acids is 1. The van der Waals surface area contributed by atoms with E-state index in [1.807, 2.05) is 5.32 Å². The summed E-state index contributed by atoms with van der Waals surface area (Å²) in [5.41, 5.74) is 1.49. The lowest BCUT2D eigenvalue weighted by Gasteiger charge is -2.16. The first-order valence-corrected chi connectivity index (χ1v) is 14.1. The standard InChI is InChI=1S/C26H22F6N2O3S.C2HF3O2/c27-19-4-7-22(8-5-19)38(35,36)34-15-18(23-9-6-20(28)13-24(23)34)10-11-33-14-17-2-1-3-21(12-17)37-16-26(31,32)25(29)30;3-2(4,5)1(6)7/h1-9,12-13,15,25,33H,10-11,14,16H2;(H,6,7). The molecular formula is C28H23F9N2O5S. The Balaban J connectivity index is 0.000000707. The van der Waals surface area contributed by atoms with Gasteiger partial charge in [0.15, 0.2) is 6.61 Å². The zero-order valence-corrected chi connectivity index (χ0v) is 23.5. The van der Waals surface area contributed by atoms with E-state index in [1.165, 1.54) is 30.5 Å². The molecule has 0 aliphatic carbocycles. The molecule has 17 heteroatoms. The lowest BCUT2D eigenvalue weighted by Crippen LogP contribution is -2.83. The van der Waals surface area contributed by atoms with Gasteiger partial charge in [-0.1, -0.05) is 12.1 Å². The second-order valence-electron chi connectivity index (χ2n) is 9.39. The third-order valence-corrected chi connectivity index (χ3v) is 7.75. The van der Waals surface area contributed by atoms with E-state index < -0.39 is 52.8 Å². The molecule has 3 aromatic carbocycles. The molecule has 0 amide bonds. The molecule has 7 nitrogen and oxygen atoms in total. The monoisotopic (exact) mass is 670 g/mol. The summed E-state index contributed by atoms with van der Waals surface area (Å²) in [6.07, 6.45) is -7.20. The number of carboxylic acids is 1. The van der Waals surface area contributed by atoms with Crippen molar-refractivity contribution in [2.45, 2.75) is 36.4 Å². The van der Waals surface area contributed by atoms with Crippen LogP contribution in [0.25, 0.3) is 10.9 Å². The third-order valence-electron chi connectivity index (χ3n) is 6.06. The van der Waals surface area contributed by atoms with Gasteiger partial charge in [0, 0.05) is 23.6 Å². The van der Waals surface area contributed by atoms with E-state index in [4.69, 9.17) is 14.6 Å². The van der Waals surface area contributed by atoms with Crippen LogP contribution in [-0.4, -0.2) is 50.0 Å². The number of hydrogen-bond acceptors (Lipinski definition) is 5. The van der Waals surface area contributed by atoms with Gasteiger partial charge in [-0.2, -0.15) is 22.0 Å². The highest BCUT2D eigenvalue weighted by molar-refractivity contribution is 7.90. The van der Waals surface area contributed by atoms with Crippen LogP contribution in [0.2, 0.25) is 0 Å². The first-order valence-electron chi connectivity index (χ1n) is 12.7. The molecule has 0 saturated carbocycles. The maximum atomic E-state index is 14.0. The number of carbonyl (C=O) groups is 1. The zero-order valence-electron chi connectivity index (χ0n) is 22.7. The molecule has 1 heterocycles. The number of nitrogens with zero attached hydrogens (tertiary/aromatic N) is 1. The van der Waals surface area contributed by atoms with E-state index in [-0.39, 0.29) is 16.2 Å². The van der Waals surface area contributed by atoms with Crippen LogP contribution in [0.1, 0.15) is 11.1 Å². The van der Waals surface area contributed by atoms with Crippen LogP contribution in [0.15, 0.2) is 77.8 Å². The lowest BCUT2D eigenvalue weighted by atomic mass is 10.1. The Labute approximate surface area is 249 Å². The Morgan fingerprint density at radius 2 is 1.56 bits per heavy atom. The number of halogens is 9. The molecule has 0 unspecified atom stereocenters. The minimum Gasteiger partial charge on any atom is -0.542 e. The van der Waals surface area contributed by atoms with Gasteiger partial charge >= 0.3 is 18.5 Å². The Hall–Kier alpha value is -4.25. The van der Waals surface area contributed by atoms with Gasteiger partial charge in [-0.05, 0) is 60.2 Å². The Morgan fingerprint density at radius 3 is 2.16 bits per heavy atom. The molecule has 0 fully saturated rings. The second kappa shape index (κ2) is 14.2. The molecule has 4 aromatic rings. The van der Waals surface area contributed by atoms with Crippen molar-refractivity contribution in [3.05, 3.63) is 95.7 Å². The number of fused-ring (bicyclic) bond motifs is 1. The van der Waals surface area contributed by atoms with Crippen molar-refractivity contribution in [1.29, 1.82) is 0 Å². The van der Waals surface area contributed by atoms with Crippen LogP contribution >= 0.6 is 0 Å². The van der Waals surface area contributed by atoms with Gasteiger partial charge in [-0.25, -0.2) is 30.0 Å². The number of carboxylic acid groups (broad SMARTS) is 1. The smallest absolute Gasteiger partial charge is 0.430 e. The summed E-state index contributed by atoms with van der Waals surface area (Å²) in [6.45, 7) is -0.547. The third kappa shape index (κ3) is 9.37. The fourth-order valence-corrected chi connectivity index (χ4v) is 5.27. The number of ether oxygens (including phenoxy) is 1. The topological polar surface area (TPSA) is 105 Å². The van der Waals surface area contributed by atoms with Crippen LogP contribution in [0.3, 0.4) is 0 Å². The number of benzene rings is 3. The van der Waals surface area contributed by atoms with Crippen molar-refractivity contribution in [3.63, 3.8) is 0 Å². The molecular weight excluding hydrogens is 647 g/mol. The van der Waals surface area contributed by atoms with Gasteiger partial charge in [0.2, 0.25) is 0 Å². The number of aromatic nitrogens is 1. The fraction of sp³-hybridized carbons (Fsp3) is 0.250. The number of quaternary nitrogens is 1. The van der Waals surface area contributed by atoms with E-state index in [2.05, 4.69) is 0 Å². The van der Waals surface area contributed by atoms with E-state index in [9.17, 15) is 47.9 Å². The van der Waals surface area contributed by atoms with Crippen LogP contribution in [-0.2, 0) is 27.8 Å². The van der Waals surface area contributed by atoms with Crippen LogP contribution < -0.4 is 15.2 Å². The van der Waals surface area contributed by atoms with Crippen LogP contribution in [0.4, 0.5) is 39.5 Å². The zero-order chi connectivity index (χ0) is 33.6. The predicted molar refractivity (Wildman–Crippen MR) is 139 cm³/mol. The summed E-state index contributed by atoms with van der Waals surface area (Å²) in [4.78, 5) is 8.64. The fourth-order valence-electron chi connectivity index (χ4n) is 3.89. The highest BCUT2D eigenvalue weighted by atomic mass is 32.2. The summed E-state index contributed by atoms with van der Waals surface area (Å²) < 4.78 is 142. The number of nitrogens with two attached hydrogens (primary N) is 1. The first kappa shape index (κ1) is 35.2. The molecule has 0 radical (unpaired) electrons. The van der Waals surface area contributed by atoms with Crippen molar-refractivity contribution in [2.24, 2.45) is 0 Å². The molecule has 0 aliphatic rings. The number of carbonyl (C=O) groups excluding carboxylic acids is 1. The quantitative estimate of drug-likeness (QED) is 0.192. The number of alkyl halides is 7. The number of hydrogen-bond donors (Lipinski definition) is 1. The molecule has 0 atom stereocenters. The molecule has 0 aliphatic heterocycles.